The van der Waals surface area contributed by atoms with Crippen molar-refractivity contribution in [2.24, 2.45) is 0 Å². The van der Waals surface area contributed by atoms with Gasteiger partial charge in [-0.1, -0.05) is 24.6 Å². The Bertz CT molecular complexity index is 599. The van der Waals surface area contributed by atoms with E-state index in [-0.39, 0.29) is 5.91 Å². The van der Waals surface area contributed by atoms with Crippen molar-refractivity contribution in [1.82, 2.24) is 15.5 Å². The van der Waals surface area contributed by atoms with E-state index in [0.29, 0.717) is 24.5 Å². The summed E-state index contributed by atoms with van der Waals surface area (Å²) in [6.07, 6.45) is 2.18. The summed E-state index contributed by atoms with van der Waals surface area (Å²) < 4.78 is 0. The van der Waals surface area contributed by atoms with Crippen molar-refractivity contribution >= 4 is 34.7 Å². The Balaban J connectivity index is 1.88. The molecule has 6 nitrogen and oxygen atoms in total. The molecule has 21 heavy (non-hydrogen) atoms. The van der Waals surface area contributed by atoms with Crippen LogP contribution in [0.15, 0.2) is 30.5 Å². The van der Waals surface area contributed by atoms with Gasteiger partial charge in [-0.2, -0.15) is 5.10 Å². The van der Waals surface area contributed by atoms with Gasteiger partial charge >= 0.3 is 0 Å². The maximum Gasteiger partial charge on any atom is 0.219 e. The second-order valence-corrected chi connectivity index (χ2v) is 4.86. The molecule has 1 aromatic carbocycles. The minimum atomic E-state index is 0.0405. The van der Waals surface area contributed by atoms with Crippen LogP contribution < -0.4 is 16.0 Å². The SMILES string of the molecule is CCC(=O)NCCNc1[nH]ncc1Nc1cccc(Cl)c1. The van der Waals surface area contributed by atoms with Crippen molar-refractivity contribution in [2.45, 2.75) is 13.3 Å². The molecule has 0 saturated heterocycles. The van der Waals surface area contributed by atoms with Crippen molar-refractivity contribution < 1.29 is 4.79 Å². The molecule has 112 valence electrons. The first-order valence-electron chi connectivity index (χ1n) is 6.75. The number of nitrogens with zero attached hydrogens (tertiary/aromatic N) is 1. The van der Waals surface area contributed by atoms with Crippen LogP contribution in [0, 0.1) is 0 Å². The number of halogens is 1. The summed E-state index contributed by atoms with van der Waals surface area (Å²) in [5, 5.41) is 16.7. The van der Waals surface area contributed by atoms with E-state index >= 15 is 0 Å². The van der Waals surface area contributed by atoms with E-state index in [1.807, 2.05) is 31.2 Å². The highest BCUT2D eigenvalue weighted by molar-refractivity contribution is 6.30. The molecule has 0 aliphatic carbocycles. The van der Waals surface area contributed by atoms with Crippen molar-refractivity contribution in [1.29, 1.82) is 0 Å². The zero-order valence-electron chi connectivity index (χ0n) is 11.7. The van der Waals surface area contributed by atoms with Gasteiger partial charge in [0.2, 0.25) is 5.91 Å². The third kappa shape index (κ3) is 4.68. The van der Waals surface area contributed by atoms with Crippen LogP contribution in [0.5, 0.6) is 0 Å². The van der Waals surface area contributed by atoms with Gasteiger partial charge in [-0.25, -0.2) is 0 Å². The van der Waals surface area contributed by atoms with Crippen molar-refractivity contribution in [3.63, 3.8) is 0 Å². The lowest BCUT2D eigenvalue weighted by Gasteiger charge is -2.09. The van der Waals surface area contributed by atoms with Crippen LogP contribution in [0.2, 0.25) is 5.02 Å². The van der Waals surface area contributed by atoms with E-state index < -0.39 is 0 Å². The molecule has 0 atom stereocenters. The maximum atomic E-state index is 11.1. The van der Waals surface area contributed by atoms with Gasteiger partial charge in [0.25, 0.3) is 0 Å². The number of benzene rings is 1. The van der Waals surface area contributed by atoms with Crippen LogP contribution in [0.3, 0.4) is 0 Å². The summed E-state index contributed by atoms with van der Waals surface area (Å²) in [4.78, 5) is 11.1. The second-order valence-electron chi connectivity index (χ2n) is 4.42. The molecule has 0 fully saturated rings. The number of aromatic nitrogens is 2. The number of anilines is 3. The molecule has 4 N–H and O–H groups in total. The largest absolute Gasteiger partial charge is 0.367 e. The fourth-order valence-corrected chi connectivity index (χ4v) is 1.94. The third-order valence-corrected chi connectivity index (χ3v) is 3.05. The average molecular weight is 308 g/mol. The zero-order valence-corrected chi connectivity index (χ0v) is 12.5. The number of hydrogen-bond acceptors (Lipinski definition) is 4. The van der Waals surface area contributed by atoms with Gasteiger partial charge in [0.1, 0.15) is 11.5 Å². The number of amides is 1. The Morgan fingerprint density at radius 1 is 1.38 bits per heavy atom. The highest BCUT2D eigenvalue weighted by Crippen LogP contribution is 2.24. The van der Waals surface area contributed by atoms with Crippen molar-refractivity contribution in [2.75, 3.05) is 23.7 Å². The number of aromatic amines is 1. The molecule has 0 saturated carbocycles. The van der Waals surface area contributed by atoms with Gasteiger partial charge in [-0.05, 0) is 18.2 Å². The first kappa shape index (κ1) is 15.2. The predicted octanol–water partition coefficient (Wildman–Crippen LogP) is 2.74. The van der Waals surface area contributed by atoms with E-state index in [1.165, 1.54) is 0 Å². The second kappa shape index (κ2) is 7.54. The van der Waals surface area contributed by atoms with E-state index in [0.717, 1.165) is 17.2 Å². The fraction of sp³-hybridized carbons (Fsp3) is 0.286. The molecule has 2 rings (SSSR count). The Hall–Kier alpha value is -2.21. The molecular weight excluding hydrogens is 290 g/mol. The highest BCUT2D eigenvalue weighted by atomic mass is 35.5. The number of H-pyrrole nitrogens is 1. The maximum absolute atomic E-state index is 11.1. The number of hydrogen-bond donors (Lipinski definition) is 4. The minimum Gasteiger partial charge on any atom is -0.367 e. The first-order valence-corrected chi connectivity index (χ1v) is 7.13. The molecule has 1 aromatic heterocycles. The molecule has 0 unspecified atom stereocenters. The number of carbonyl (C=O) groups is 1. The standard InChI is InChI=1S/C14H18ClN5O/c1-2-13(21)16-6-7-17-14-12(9-18-20-14)19-11-5-3-4-10(15)8-11/h3-5,8-9,19H,2,6-7H2,1H3,(H,16,21)(H2,17,18,20). The third-order valence-electron chi connectivity index (χ3n) is 2.81. The monoisotopic (exact) mass is 307 g/mol. The molecule has 0 spiro atoms. The van der Waals surface area contributed by atoms with Crippen LogP contribution in [-0.2, 0) is 4.79 Å². The summed E-state index contributed by atoms with van der Waals surface area (Å²) in [5.41, 5.74) is 1.70. The van der Waals surface area contributed by atoms with Crippen LogP contribution in [0.4, 0.5) is 17.2 Å². The lowest BCUT2D eigenvalue weighted by Crippen LogP contribution is -2.28. The van der Waals surface area contributed by atoms with Gasteiger partial charge in [-0.15, -0.1) is 0 Å². The molecule has 1 amide bonds. The van der Waals surface area contributed by atoms with Crippen molar-refractivity contribution in [3.8, 4) is 0 Å². The molecular formula is C14H18ClN5O. The lowest BCUT2D eigenvalue weighted by atomic mass is 10.3. The number of carbonyl (C=O) groups excluding carboxylic acids is 1. The summed E-state index contributed by atoms with van der Waals surface area (Å²) in [5.74, 6) is 0.805. The van der Waals surface area contributed by atoms with Gasteiger partial charge < -0.3 is 16.0 Å². The number of rotatable bonds is 7. The molecule has 7 heteroatoms. The van der Waals surface area contributed by atoms with Crippen LogP contribution in [0.25, 0.3) is 0 Å². The zero-order chi connectivity index (χ0) is 15.1. The topological polar surface area (TPSA) is 81.8 Å². The Labute approximate surface area is 128 Å². The quantitative estimate of drug-likeness (QED) is 0.593. The summed E-state index contributed by atoms with van der Waals surface area (Å²) >= 11 is 5.95. The van der Waals surface area contributed by atoms with E-state index in [1.54, 1.807) is 6.20 Å². The van der Waals surface area contributed by atoms with E-state index in [9.17, 15) is 4.79 Å². The van der Waals surface area contributed by atoms with Crippen molar-refractivity contribution in [3.05, 3.63) is 35.5 Å². The molecule has 0 aliphatic rings. The van der Waals surface area contributed by atoms with E-state index in [4.69, 9.17) is 11.6 Å². The first-order chi connectivity index (χ1) is 10.2. The normalized spacial score (nSPS) is 10.2. The molecule has 2 aromatic rings. The minimum absolute atomic E-state index is 0.0405. The summed E-state index contributed by atoms with van der Waals surface area (Å²) in [6.45, 7) is 2.99. The van der Waals surface area contributed by atoms with Crippen LogP contribution >= 0.6 is 11.6 Å². The molecule has 0 aliphatic heterocycles. The van der Waals surface area contributed by atoms with Crippen LogP contribution in [0.1, 0.15) is 13.3 Å². The van der Waals surface area contributed by atoms with Gasteiger partial charge in [0.15, 0.2) is 0 Å². The average Bonchev–Trinajstić information content (AvgIpc) is 2.90. The Morgan fingerprint density at radius 2 is 2.24 bits per heavy atom. The molecule has 1 heterocycles. The lowest BCUT2D eigenvalue weighted by molar-refractivity contribution is -0.120. The predicted molar refractivity (Wildman–Crippen MR) is 85.1 cm³/mol. The highest BCUT2D eigenvalue weighted by Gasteiger charge is 2.05. The van der Waals surface area contributed by atoms with E-state index in [2.05, 4.69) is 26.1 Å². The van der Waals surface area contributed by atoms with Gasteiger partial charge in [-0.3, -0.25) is 9.89 Å². The van der Waals surface area contributed by atoms with Gasteiger partial charge in [0.05, 0.1) is 6.20 Å². The molecule has 0 bridgehead atoms. The summed E-state index contributed by atoms with van der Waals surface area (Å²) in [6, 6.07) is 7.44. The summed E-state index contributed by atoms with van der Waals surface area (Å²) in [7, 11) is 0. The molecule has 0 radical (unpaired) electrons. The Kier molecular flexibility index (Phi) is 5.45. The number of nitrogens with one attached hydrogen (secondary N) is 4. The van der Waals surface area contributed by atoms with Crippen LogP contribution in [-0.4, -0.2) is 29.2 Å². The fourth-order valence-electron chi connectivity index (χ4n) is 1.75. The Morgan fingerprint density at radius 3 is 3.00 bits per heavy atom. The van der Waals surface area contributed by atoms with Gasteiger partial charge in [0, 0.05) is 30.2 Å². The smallest absolute Gasteiger partial charge is 0.219 e.